The van der Waals surface area contributed by atoms with E-state index in [4.69, 9.17) is 0 Å². The van der Waals surface area contributed by atoms with Gasteiger partial charge in [0.25, 0.3) is 0 Å². The molecule has 0 saturated carbocycles. The van der Waals surface area contributed by atoms with Crippen molar-refractivity contribution in [2.45, 2.75) is 6.92 Å². The lowest BCUT2D eigenvalue weighted by Crippen LogP contribution is -1.89. The molecule has 1 heteroatoms. The highest BCUT2D eigenvalue weighted by Gasteiger charge is 2.00. The Hall–Kier alpha value is -1.89. The summed E-state index contributed by atoms with van der Waals surface area (Å²) in [7, 11) is 0. The number of hydrogen-bond acceptors (Lipinski definition) is 1. The predicted octanol–water partition coefficient (Wildman–Crippen LogP) is 3.70. The van der Waals surface area contributed by atoms with Crippen molar-refractivity contribution >= 4 is 6.08 Å². The van der Waals surface area contributed by atoms with Crippen LogP contribution in [0.3, 0.4) is 0 Å². The van der Waals surface area contributed by atoms with Gasteiger partial charge in [0.05, 0.1) is 11.4 Å². The average Bonchev–Trinajstić information content (AvgIpc) is 2.31. The van der Waals surface area contributed by atoms with Gasteiger partial charge in [-0.2, -0.15) is 0 Å². The van der Waals surface area contributed by atoms with E-state index >= 15 is 0 Å². The molecule has 0 N–H and O–H groups in total. The van der Waals surface area contributed by atoms with Crippen LogP contribution in [-0.2, 0) is 0 Å². The van der Waals surface area contributed by atoms with Crippen molar-refractivity contribution in [2.75, 3.05) is 0 Å². The lowest BCUT2D eigenvalue weighted by atomic mass is 10.1. The van der Waals surface area contributed by atoms with Crippen molar-refractivity contribution in [3.8, 4) is 11.3 Å². The van der Waals surface area contributed by atoms with E-state index in [1.807, 2.05) is 31.2 Å². The Morgan fingerprint density at radius 3 is 2.47 bits per heavy atom. The molecular formula is C14H13N. The zero-order valence-electron chi connectivity index (χ0n) is 8.77. The van der Waals surface area contributed by atoms with Gasteiger partial charge in [-0.1, -0.05) is 43.0 Å². The van der Waals surface area contributed by atoms with Crippen LogP contribution >= 0.6 is 0 Å². The van der Waals surface area contributed by atoms with E-state index in [1.165, 1.54) is 0 Å². The lowest BCUT2D eigenvalue weighted by molar-refractivity contribution is 1.24. The normalized spacial score (nSPS) is 9.93. The van der Waals surface area contributed by atoms with Crippen molar-refractivity contribution in [2.24, 2.45) is 0 Å². The van der Waals surface area contributed by atoms with Crippen molar-refractivity contribution < 1.29 is 0 Å². The molecule has 74 valence electrons. The van der Waals surface area contributed by atoms with Crippen LogP contribution in [0, 0.1) is 6.92 Å². The van der Waals surface area contributed by atoms with Crippen LogP contribution in [0.15, 0.2) is 49.0 Å². The second-order valence-corrected chi connectivity index (χ2v) is 3.47. The average molecular weight is 195 g/mol. The lowest BCUT2D eigenvalue weighted by Gasteiger charge is -2.04. The molecule has 0 bridgehead atoms. The molecule has 2 aromatic rings. The van der Waals surface area contributed by atoms with Gasteiger partial charge in [-0.25, -0.2) is 4.98 Å². The molecule has 0 saturated heterocycles. The predicted molar refractivity (Wildman–Crippen MR) is 64.5 cm³/mol. The SMILES string of the molecule is C=Cc1nc(-c2ccccc2)ccc1C. The Bertz CT molecular complexity index is 472. The number of aromatic nitrogens is 1. The van der Waals surface area contributed by atoms with Gasteiger partial charge in [-0.05, 0) is 24.6 Å². The summed E-state index contributed by atoms with van der Waals surface area (Å²) in [4.78, 5) is 4.54. The van der Waals surface area contributed by atoms with Gasteiger partial charge in [0.2, 0.25) is 0 Å². The van der Waals surface area contributed by atoms with Gasteiger partial charge >= 0.3 is 0 Å². The molecule has 1 nitrogen and oxygen atoms in total. The van der Waals surface area contributed by atoms with E-state index in [-0.39, 0.29) is 0 Å². The molecule has 0 radical (unpaired) electrons. The number of aryl methyl sites for hydroxylation is 1. The molecule has 15 heavy (non-hydrogen) atoms. The third-order valence-electron chi connectivity index (χ3n) is 2.40. The summed E-state index contributed by atoms with van der Waals surface area (Å²) in [6.07, 6.45) is 1.79. The summed E-state index contributed by atoms with van der Waals surface area (Å²) in [6.45, 7) is 5.80. The first-order valence-corrected chi connectivity index (χ1v) is 4.97. The number of nitrogens with zero attached hydrogens (tertiary/aromatic N) is 1. The summed E-state index contributed by atoms with van der Waals surface area (Å²) in [5, 5.41) is 0. The summed E-state index contributed by atoms with van der Waals surface area (Å²) in [6, 6.07) is 14.3. The summed E-state index contributed by atoms with van der Waals surface area (Å²) in [5.41, 5.74) is 4.25. The van der Waals surface area contributed by atoms with Crippen LogP contribution < -0.4 is 0 Å². The topological polar surface area (TPSA) is 12.9 Å². The molecule has 1 aromatic carbocycles. The van der Waals surface area contributed by atoms with E-state index in [0.29, 0.717) is 0 Å². The molecule has 0 unspecified atom stereocenters. The standard InChI is InChI=1S/C14H13N/c1-3-13-11(2)9-10-14(15-13)12-7-5-4-6-8-12/h3-10H,1H2,2H3. The smallest absolute Gasteiger partial charge is 0.0709 e. The van der Waals surface area contributed by atoms with Gasteiger partial charge < -0.3 is 0 Å². The molecule has 0 atom stereocenters. The maximum absolute atomic E-state index is 4.54. The molecule has 0 aliphatic heterocycles. The molecule has 0 spiro atoms. The first-order chi connectivity index (χ1) is 7.31. The quantitative estimate of drug-likeness (QED) is 0.712. The minimum Gasteiger partial charge on any atom is -0.248 e. The highest BCUT2D eigenvalue weighted by atomic mass is 14.7. The molecule has 0 aliphatic carbocycles. The summed E-state index contributed by atoms with van der Waals surface area (Å²) in [5.74, 6) is 0. The maximum atomic E-state index is 4.54. The monoisotopic (exact) mass is 195 g/mol. The van der Waals surface area contributed by atoms with Crippen LogP contribution in [0.4, 0.5) is 0 Å². The first kappa shape index (κ1) is 9.66. The second kappa shape index (κ2) is 4.09. The Labute approximate surface area is 90.1 Å². The Morgan fingerprint density at radius 2 is 1.80 bits per heavy atom. The van der Waals surface area contributed by atoms with E-state index < -0.39 is 0 Å². The van der Waals surface area contributed by atoms with Gasteiger partial charge in [0.1, 0.15) is 0 Å². The molecule has 0 aliphatic rings. The Balaban J connectivity index is 2.51. The minimum atomic E-state index is 0.955. The van der Waals surface area contributed by atoms with Crippen molar-refractivity contribution in [1.82, 2.24) is 4.98 Å². The molecule has 1 heterocycles. The van der Waals surface area contributed by atoms with Gasteiger partial charge in [0, 0.05) is 5.56 Å². The highest BCUT2D eigenvalue weighted by Crippen LogP contribution is 2.18. The van der Waals surface area contributed by atoms with Crippen molar-refractivity contribution in [3.05, 3.63) is 60.3 Å². The minimum absolute atomic E-state index is 0.955. The third-order valence-corrected chi connectivity index (χ3v) is 2.40. The fourth-order valence-corrected chi connectivity index (χ4v) is 1.52. The summed E-state index contributed by atoms with van der Waals surface area (Å²) < 4.78 is 0. The molecule has 0 fully saturated rings. The van der Waals surface area contributed by atoms with E-state index in [9.17, 15) is 0 Å². The van der Waals surface area contributed by atoms with Crippen LogP contribution in [-0.4, -0.2) is 4.98 Å². The zero-order valence-corrected chi connectivity index (χ0v) is 8.77. The Morgan fingerprint density at radius 1 is 1.07 bits per heavy atom. The van der Waals surface area contributed by atoms with E-state index in [1.54, 1.807) is 6.08 Å². The Kier molecular flexibility index (Phi) is 2.64. The summed E-state index contributed by atoms with van der Waals surface area (Å²) >= 11 is 0. The number of hydrogen-bond donors (Lipinski definition) is 0. The van der Waals surface area contributed by atoms with Gasteiger partial charge in [-0.15, -0.1) is 0 Å². The molecule has 1 aromatic heterocycles. The fourth-order valence-electron chi connectivity index (χ4n) is 1.52. The second-order valence-electron chi connectivity index (χ2n) is 3.47. The largest absolute Gasteiger partial charge is 0.248 e. The number of pyridine rings is 1. The van der Waals surface area contributed by atoms with E-state index in [2.05, 4.69) is 29.8 Å². The molecular weight excluding hydrogens is 182 g/mol. The van der Waals surface area contributed by atoms with Crippen LogP contribution in [0.2, 0.25) is 0 Å². The first-order valence-electron chi connectivity index (χ1n) is 4.97. The van der Waals surface area contributed by atoms with Crippen molar-refractivity contribution in [1.29, 1.82) is 0 Å². The van der Waals surface area contributed by atoms with Crippen LogP contribution in [0.5, 0.6) is 0 Å². The maximum Gasteiger partial charge on any atom is 0.0709 e. The molecule has 0 amide bonds. The fraction of sp³-hybridized carbons (Fsp3) is 0.0714. The van der Waals surface area contributed by atoms with Crippen LogP contribution in [0.1, 0.15) is 11.3 Å². The van der Waals surface area contributed by atoms with Gasteiger partial charge in [0.15, 0.2) is 0 Å². The van der Waals surface area contributed by atoms with Crippen molar-refractivity contribution in [3.63, 3.8) is 0 Å². The third kappa shape index (κ3) is 1.96. The highest BCUT2D eigenvalue weighted by molar-refractivity contribution is 5.61. The van der Waals surface area contributed by atoms with Gasteiger partial charge in [-0.3, -0.25) is 0 Å². The van der Waals surface area contributed by atoms with E-state index in [0.717, 1.165) is 22.5 Å². The van der Waals surface area contributed by atoms with Crippen LogP contribution in [0.25, 0.3) is 17.3 Å². The number of rotatable bonds is 2. The number of benzene rings is 1. The zero-order chi connectivity index (χ0) is 10.7. The molecule has 2 rings (SSSR count).